The normalized spacial score (nSPS) is 16.8. The van der Waals surface area contributed by atoms with Crippen LogP contribution in [-0.4, -0.2) is 23.6 Å². The van der Waals surface area contributed by atoms with Crippen molar-refractivity contribution in [2.24, 2.45) is 0 Å². The highest BCUT2D eigenvalue weighted by Crippen LogP contribution is 2.41. The molecule has 0 spiro atoms. The summed E-state index contributed by atoms with van der Waals surface area (Å²) >= 11 is 1.28. The Labute approximate surface area is 204 Å². The zero-order valence-electron chi connectivity index (χ0n) is 18.9. The monoisotopic (exact) mass is 467 g/mol. The fourth-order valence-electron chi connectivity index (χ4n) is 3.79. The molecule has 0 unspecified atom stereocenters. The Morgan fingerprint density at radius 2 is 1.62 bits per heavy atom. The Morgan fingerprint density at radius 3 is 2.26 bits per heavy atom. The van der Waals surface area contributed by atoms with Gasteiger partial charge in [-0.1, -0.05) is 90.1 Å². The molecule has 34 heavy (non-hydrogen) atoms. The Morgan fingerprint density at radius 1 is 0.971 bits per heavy atom. The Bertz CT molecular complexity index is 1230. The van der Waals surface area contributed by atoms with Gasteiger partial charge in [0.25, 0.3) is 5.91 Å². The van der Waals surface area contributed by atoms with E-state index in [9.17, 15) is 14.9 Å². The summed E-state index contributed by atoms with van der Waals surface area (Å²) in [5.41, 5.74) is 3.90. The van der Waals surface area contributed by atoms with Gasteiger partial charge in [-0.15, -0.1) is 0 Å². The van der Waals surface area contributed by atoms with Gasteiger partial charge in [0, 0.05) is 12.2 Å². The quantitative estimate of drug-likeness (QED) is 0.401. The van der Waals surface area contributed by atoms with Gasteiger partial charge in [0.1, 0.15) is 16.7 Å². The number of para-hydroxylation sites is 1. The molecule has 5 nitrogen and oxygen atoms in total. The summed E-state index contributed by atoms with van der Waals surface area (Å²) in [6, 6.07) is 29.1. The molecular formula is C28H25N3O2S. The summed E-state index contributed by atoms with van der Waals surface area (Å²) in [5, 5.41) is 12.7. The van der Waals surface area contributed by atoms with Crippen molar-refractivity contribution < 1.29 is 9.59 Å². The number of nitrogens with one attached hydrogen (secondary N) is 1. The molecule has 1 aliphatic heterocycles. The molecule has 4 rings (SSSR count). The largest absolute Gasteiger partial charge is 0.351 e. The van der Waals surface area contributed by atoms with Crippen LogP contribution in [0.15, 0.2) is 95.5 Å². The van der Waals surface area contributed by atoms with E-state index in [1.807, 2.05) is 91.9 Å². The number of benzene rings is 3. The molecule has 1 saturated heterocycles. The number of carbonyl (C=O) groups excluding carboxylic acids is 2. The highest BCUT2D eigenvalue weighted by Gasteiger charge is 2.40. The van der Waals surface area contributed by atoms with Crippen molar-refractivity contribution in [3.8, 4) is 6.07 Å². The first kappa shape index (κ1) is 23.3. The Hall–Kier alpha value is -3.82. The lowest BCUT2D eigenvalue weighted by atomic mass is 10.1. The van der Waals surface area contributed by atoms with Crippen LogP contribution >= 0.6 is 11.8 Å². The van der Waals surface area contributed by atoms with E-state index in [-0.39, 0.29) is 11.5 Å². The van der Waals surface area contributed by atoms with Gasteiger partial charge >= 0.3 is 0 Å². The smallest absolute Gasteiger partial charge is 0.264 e. The minimum atomic E-state index is -0.467. The van der Waals surface area contributed by atoms with Gasteiger partial charge < -0.3 is 5.32 Å². The van der Waals surface area contributed by atoms with Crippen molar-refractivity contribution in [1.29, 1.82) is 5.26 Å². The lowest BCUT2D eigenvalue weighted by Crippen LogP contribution is -2.32. The summed E-state index contributed by atoms with van der Waals surface area (Å²) in [4.78, 5) is 28.0. The number of nitriles is 1. The molecule has 1 aliphatic rings. The third-order valence-corrected chi connectivity index (χ3v) is 6.87. The zero-order chi connectivity index (χ0) is 23.9. The Kier molecular flexibility index (Phi) is 7.46. The van der Waals surface area contributed by atoms with E-state index in [0.29, 0.717) is 30.1 Å². The van der Waals surface area contributed by atoms with Crippen LogP contribution in [0.5, 0.6) is 0 Å². The average molecular weight is 468 g/mol. The number of aryl methyl sites for hydroxylation is 1. The van der Waals surface area contributed by atoms with Crippen molar-refractivity contribution in [1.82, 2.24) is 5.32 Å². The minimum Gasteiger partial charge on any atom is -0.351 e. The van der Waals surface area contributed by atoms with Crippen LogP contribution in [0.3, 0.4) is 0 Å². The first-order valence-corrected chi connectivity index (χ1v) is 12.0. The second kappa shape index (κ2) is 10.9. The van der Waals surface area contributed by atoms with E-state index in [0.717, 1.165) is 16.7 Å². The van der Waals surface area contributed by atoms with Crippen molar-refractivity contribution in [3.63, 3.8) is 0 Å². The van der Waals surface area contributed by atoms with Crippen LogP contribution in [0, 0.1) is 18.3 Å². The first-order chi connectivity index (χ1) is 16.6. The molecule has 1 N–H and O–H groups in total. The third kappa shape index (κ3) is 5.38. The maximum atomic E-state index is 13.5. The fraction of sp³-hybridized carbons (Fsp3) is 0.179. The fourth-order valence-corrected chi connectivity index (χ4v) is 5.10. The average Bonchev–Trinajstić information content (AvgIpc) is 3.17. The van der Waals surface area contributed by atoms with Gasteiger partial charge in [0.2, 0.25) is 5.91 Å². The SMILES string of the molecule is Cc1ccc(C[C@@H]2S/C(=C(/C#N)C(=O)NCCc3ccccc3)N(c3ccccc3)C2=O)cc1. The second-order valence-corrected chi connectivity index (χ2v) is 9.28. The number of nitrogens with zero attached hydrogens (tertiary/aromatic N) is 2. The topological polar surface area (TPSA) is 73.2 Å². The maximum absolute atomic E-state index is 13.5. The van der Waals surface area contributed by atoms with E-state index in [4.69, 9.17) is 0 Å². The molecule has 3 aromatic carbocycles. The first-order valence-electron chi connectivity index (χ1n) is 11.1. The lowest BCUT2D eigenvalue weighted by molar-refractivity contribution is -0.117. The molecule has 6 heteroatoms. The molecule has 0 bridgehead atoms. The summed E-state index contributed by atoms with van der Waals surface area (Å²) in [6.07, 6.45) is 1.18. The zero-order valence-corrected chi connectivity index (χ0v) is 19.7. The van der Waals surface area contributed by atoms with Crippen LogP contribution in [-0.2, 0) is 22.4 Å². The highest BCUT2D eigenvalue weighted by atomic mass is 32.2. The number of rotatable bonds is 7. The van der Waals surface area contributed by atoms with Crippen molar-refractivity contribution >= 4 is 29.3 Å². The van der Waals surface area contributed by atoms with Crippen molar-refractivity contribution in [2.45, 2.75) is 25.0 Å². The number of thioether (sulfide) groups is 1. The second-order valence-electron chi connectivity index (χ2n) is 8.09. The molecule has 1 heterocycles. The van der Waals surface area contributed by atoms with E-state index in [2.05, 4.69) is 11.4 Å². The summed E-state index contributed by atoms with van der Waals surface area (Å²) in [7, 11) is 0. The molecule has 170 valence electrons. The summed E-state index contributed by atoms with van der Waals surface area (Å²) < 4.78 is 0. The van der Waals surface area contributed by atoms with E-state index in [1.54, 1.807) is 0 Å². The van der Waals surface area contributed by atoms with Gasteiger partial charge in [-0.2, -0.15) is 5.26 Å². The van der Waals surface area contributed by atoms with Gasteiger partial charge in [-0.05, 0) is 43.0 Å². The number of hydrogen-bond donors (Lipinski definition) is 1. The lowest BCUT2D eigenvalue weighted by Gasteiger charge is -2.18. The highest BCUT2D eigenvalue weighted by molar-refractivity contribution is 8.05. The van der Waals surface area contributed by atoms with Crippen molar-refractivity contribution in [2.75, 3.05) is 11.4 Å². The standard InChI is InChI=1S/C28H25N3O2S/c1-20-12-14-22(15-13-20)18-25-27(33)31(23-10-6-3-7-11-23)28(34-25)24(19-29)26(32)30-17-16-21-8-4-2-5-9-21/h2-15,25H,16-18H2,1H3,(H,30,32)/b28-24-/t25-/m0/s1. The minimum absolute atomic E-state index is 0.0401. The van der Waals surface area contributed by atoms with Gasteiger partial charge in [-0.25, -0.2) is 0 Å². The summed E-state index contributed by atoms with van der Waals surface area (Å²) in [5.74, 6) is -0.595. The van der Waals surface area contributed by atoms with Crippen LogP contribution in [0.4, 0.5) is 5.69 Å². The van der Waals surface area contributed by atoms with Gasteiger partial charge in [0.15, 0.2) is 0 Å². The van der Waals surface area contributed by atoms with Crippen LogP contribution in [0.1, 0.15) is 16.7 Å². The van der Waals surface area contributed by atoms with Crippen LogP contribution in [0.25, 0.3) is 0 Å². The third-order valence-electron chi connectivity index (χ3n) is 5.60. The number of carbonyl (C=O) groups is 2. The van der Waals surface area contributed by atoms with Crippen LogP contribution in [0.2, 0.25) is 0 Å². The molecule has 0 radical (unpaired) electrons. The maximum Gasteiger partial charge on any atom is 0.264 e. The predicted molar refractivity (Wildman–Crippen MR) is 136 cm³/mol. The molecule has 0 aliphatic carbocycles. The molecular weight excluding hydrogens is 442 g/mol. The number of amides is 2. The van der Waals surface area contributed by atoms with Crippen molar-refractivity contribution in [3.05, 3.63) is 112 Å². The molecule has 1 fully saturated rings. The summed E-state index contributed by atoms with van der Waals surface area (Å²) in [6.45, 7) is 2.42. The van der Waals surface area contributed by atoms with Crippen LogP contribution < -0.4 is 10.2 Å². The molecule has 0 saturated carbocycles. The number of anilines is 1. The molecule has 3 aromatic rings. The predicted octanol–water partition coefficient (Wildman–Crippen LogP) is 4.78. The molecule has 2 amide bonds. The van der Waals surface area contributed by atoms with E-state index >= 15 is 0 Å². The Balaban J connectivity index is 1.59. The molecule has 0 aromatic heterocycles. The van der Waals surface area contributed by atoms with Gasteiger partial charge in [-0.3, -0.25) is 14.5 Å². The molecule has 1 atom stereocenters. The van der Waals surface area contributed by atoms with Gasteiger partial charge in [0.05, 0.1) is 5.25 Å². The van der Waals surface area contributed by atoms with E-state index < -0.39 is 11.2 Å². The number of hydrogen-bond acceptors (Lipinski definition) is 4. The van der Waals surface area contributed by atoms with E-state index in [1.165, 1.54) is 16.7 Å².